The summed E-state index contributed by atoms with van der Waals surface area (Å²) in [6.45, 7) is 1.15. The zero-order chi connectivity index (χ0) is 14.4. The molecule has 0 fully saturated rings. The average Bonchev–Trinajstić information content (AvgIpc) is 2.97. The molecule has 0 aliphatic carbocycles. The Balaban J connectivity index is 2.04. The molecule has 0 bridgehead atoms. The Kier molecular flexibility index (Phi) is 5.89. The van der Waals surface area contributed by atoms with Crippen molar-refractivity contribution in [3.63, 3.8) is 0 Å². The first kappa shape index (κ1) is 15.4. The van der Waals surface area contributed by atoms with Crippen LogP contribution in [0.4, 0.5) is 0 Å². The van der Waals surface area contributed by atoms with Gasteiger partial charge in [-0.15, -0.1) is 22.9 Å². The Labute approximate surface area is 132 Å². The number of thiophene rings is 1. The SMILES string of the molecule is O=C(CCl)N(CCc1cccs1)Cc1ccccc1Cl. The number of amides is 1. The van der Waals surface area contributed by atoms with Crippen LogP contribution in [0.1, 0.15) is 10.4 Å². The second-order valence-corrected chi connectivity index (χ2v) is 6.08. The summed E-state index contributed by atoms with van der Waals surface area (Å²) < 4.78 is 0. The Bertz CT molecular complexity index is 557. The lowest BCUT2D eigenvalue weighted by Gasteiger charge is -2.22. The van der Waals surface area contributed by atoms with Gasteiger partial charge in [0.05, 0.1) is 0 Å². The second-order valence-electron chi connectivity index (χ2n) is 4.37. The van der Waals surface area contributed by atoms with Crippen LogP contribution in [0.3, 0.4) is 0 Å². The minimum absolute atomic E-state index is 0.00507. The third kappa shape index (κ3) is 4.23. The van der Waals surface area contributed by atoms with Gasteiger partial charge >= 0.3 is 0 Å². The maximum atomic E-state index is 11.9. The second kappa shape index (κ2) is 7.67. The maximum absolute atomic E-state index is 11.9. The van der Waals surface area contributed by atoms with Crippen molar-refractivity contribution in [2.45, 2.75) is 13.0 Å². The zero-order valence-electron chi connectivity index (χ0n) is 10.9. The van der Waals surface area contributed by atoms with Crippen LogP contribution in [-0.2, 0) is 17.8 Å². The van der Waals surface area contributed by atoms with Gasteiger partial charge in [0, 0.05) is 23.0 Å². The fourth-order valence-electron chi connectivity index (χ4n) is 1.91. The molecule has 1 heterocycles. The van der Waals surface area contributed by atoms with Crippen LogP contribution in [-0.4, -0.2) is 23.2 Å². The average molecular weight is 328 g/mol. The molecule has 1 amide bonds. The van der Waals surface area contributed by atoms with E-state index in [2.05, 4.69) is 6.07 Å². The molecule has 0 saturated carbocycles. The van der Waals surface area contributed by atoms with Gasteiger partial charge in [-0.3, -0.25) is 4.79 Å². The van der Waals surface area contributed by atoms with E-state index in [1.54, 1.807) is 16.2 Å². The van der Waals surface area contributed by atoms with Crippen LogP contribution in [0.25, 0.3) is 0 Å². The number of alkyl halides is 1. The Morgan fingerprint density at radius 2 is 2.00 bits per heavy atom. The van der Waals surface area contributed by atoms with Crippen LogP contribution in [0.15, 0.2) is 41.8 Å². The van der Waals surface area contributed by atoms with E-state index in [0.29, 0.717) is 18.1 Å². The summed E-state index contributed by atoms with van der Waals surface area (Å²) in [4.78, 5) is 15.0. The largest absolute Gasteiger partial charge is 0.337 e. The van der Waals surface area contributed by atoms with Crippen molar-refractivity contribution in [1.29, 1.82) is 0 Å². The van der Waals surface area contributed by atoms with Crippen LogP contribution >= 0.6 is 34.5 Å². The van der Waals surface area contributed by atoms with Gasteiger partial charge in [0.25, 0.3) is 0 Å². The summed E-state index contributed by atoms with van der Waals surface area (Å²) in [7, 11) is 0. The predicted molar refractivity (Wildman–Crippen MR) is 85.6 cm³/mol. The highest BCUT2D eigenvalue weighted by molar-refractivity contribution is 7.09. The molecule has 5 heteroatoms. The molecular formula is C15H15Cl2NOS. The third-order valence-corrected chi connectivity index (χ3v) is 4.53. The number of benzene rings is 1. The summed E-state index contributed by atoms with van der Waals surface area (Å²) in [6, 6.07) is 11.7. The van der Waals surface area contributed by atoms with Crippen molar-refractivity contribution in [3.05, 3.63) is 57.2 Å². The molecule has 0 saturated heterocycles. The van der Waals surface area contributed by atoms with E-state index >= 15 is 0 Å². The van der Waals surface area contributed by atoms with Gasteiger partial charge < -0.3 is 4.90 Å². The smallest absolute Gasteiger partial charge is 0.237 e. The highest BCUT2D eigenvalue weighted by Gasteiger charge is 2.14. The molecule has 2 aromatic rings. The van der Waals surface area contributed by atoms with Crippen LogP contribution in [0, 0.1) is 0 Å². The molecule has 0 radical (unpaired) electrons. The first-order chi connectivity index (χ1) is 9.70. The van der Waals surface area contributed by atoms with E-state index in [1.165, 1.54) is 4.88 Å². The normalized spacial score (nSPS) is 10.5. The Morgan fingerprint density at radius 1 is 1.20 bits per heavy atom. The lowest BCUT2D eigenvalue weighted by molar-refractivity contribution is -0.129. The van der Waals surface area contributed by atoms with E-state index in [4.69, 9.17) is 23.2 Å². The lowest BCUT2D eigenvalue weighted by atomic mass is 10.2. The van der Waals surface area contributed by atoms with Crippen molar-refractivity contribution in [2.24, 2.45) is 0 Å². The molecule has 1 aromatic heterocycles. The van der Waals surface area contributed by atoms with Gasteiger partial charge in [0.2, 0.25) is 5.91 Å². The molecule has 0 spiro atoms. The number of hydrogen-bond donors (Lipinski definition) is 0. The van der Waals surface area contributed by atoms with Gasteiger partial charge in [-0.25, -0.2) is 0 Å². The zero-order valence-corrected chi connectivity index (χ0v) is 13.2. The summed E-state index contributed by atoms with van der Waals surface area (Å²) in [5.74, 6) is -0.0716. The van der Waals surface area contributed by atoms with Crippen LogP contribution in [0.5, 0.6) is 0 Å². The van der Waals surface area contributed by atoms with E-state index in [9.17, 15) is 4.79 Å². The van der Waals surface area contributed by atoms with Gasteiger partial charge in [-0.2, -0.15) is 0 Å². The number of rotatable bonds is 6. The topological polar surface area (TPSA) is 20.3 Å². The number of nitrogens with zero attached hydrogens (tertiary/aromatic N) is 1. The van der Waals surface area contributed by atoms with Crippen LogP contribution in [0.2, 0.25) is 5.02 Å². The molecular weight excluding hydrogens is 313 g/mol. The quantitative estimate of drug-likeness (QED) is 0.728. The summed E-state index contributed by atoms with van der Waals surface area (Å²) in [6.07, 6.45) is 0.838. The third-order valence-electron chi connectivity index (χ3n) is 2.99. The number of halogens is 2. The first-order valence-corrected chi connectivity index (χ1v) is 8.09. The van der Waals surface area contributed by atoms with Gasteiger partial charge in [0.1, 0.15) is 5.88 Å². The standard InChI is InChI=1S/C15H15Cl2NOS/c16-10-15(19)18(8-7-13-5-3-9-20-13)11-12-4-1-2-6-14(12)17/h1-6,9H,7-8,10-11H2. The fraction of sp³-hybridized carbons (Fsp3) is 0.267. The summed E-state index contributed by atoms with van der Waals surface area (Å²) in [5, 5.41) is 2.72. The molecule has 2 nitrogen and oxygen atoms in total. The molecule has 1 aromatic carbocycles. The van der Waals surface area contributed by atoms with E-state index in [0.717, 1.165) is 12.0 Å². The number of hydrogen-bond acceptors (Lipinski definition) is 2. The Hall–Kier alpha value is -1.03. The summed E-state index contributed by atoms with van der Waals surface area (Å²) in [5.41, 5.74) is 0.943. The van der Waals surface area contributed by atoms with Gasteiger partial charge in [-0.05, 0) is 29.5 Å². The van der Waals surface area contributed by atoms with E-state index in [-0.39, 0.29) is 11.8 Å². The monoisotopic (exact) mass is 327 g/mol. The minimum Gasteiger partial charge on any atom is -0.337 e. The van der Waals surface area contributed by atoms with E-state index < -0.39 is 0 Å². The van der Waals surface area contributed by atoms with Crippen molar-refractivity contribution in [2.75, 3.05) is 12.4 Å². The molecule has 0 atom stereocenters. The molecule has 0 N–H and O–H groups in total. The molecule has 0 unspecified atom stereocenters. The van der Waals surface area contributed by atoms with Gasteiger partial charge in [-0.1, -0.05) is 35.9 Å². The van der Waals surface area contributed by atoms with Crippen molar-refractivity contribution >= 4 is 40.4 Å². The predicted octanol–water partition coefficient (Wildman–Crippen LogP) is 4.21. The summed E-state index contributed by atoms with van der Waals surface area (Å²) >= 11 is 13.5. The molecule has 0 aliphatic heterocycles. The number of carbonyl (C=O) groups excluding carboxylic acids is 1. The van der Waals surface area contributed by atoms with Gasteiger partial charge in [0.15, 0.2) is 0 Å². The molecule has 106 valence electrons. The number of carbonyl (C=O) groups is 1. The first-order valence-electron chi connectivity index (χ1n) is 6.30. The van der Waals surface area contributed by atoms with Crippen molar-refractivity contribution in [3.8, 4) is 0 Å². The van der Waals surface area contributed by atoms with E-state index in [1.807, 2.05) is 35.7 Å². The molecule has 2 rings (SSSR count). The van der Waals surface area contributed by atoms with Crippen LogP contribution < -0.4 is 0 Å². The van der Waals surface area contributed by atoms with Crippen molar-refractivity contribution < 1.29 is 4.79 Å². The molecule has 20 heavy (non-hydrogen) atoms. The highest BCUT2D eigenvalue weighted by atomic mass is 35.5. The minimum atomic E-state index is -0.0665. The fourth-order valence-corrected chi connectivity index (χ4v) is 2.97. The Morgan fingerprint density at radius 3 is 2.65 bits per heavy atom. The lowest BCUT2D eigenvalue weighted by Crippen LogP contribution is -2.33. The highest BCUT2D eigenvalue weighted by Crippen LogP contribution is 2.18. The van der Waals surface area contributed by atoms with Crippen molar-refractivity contribution in [1.82, 2.24) is 4.90 Å². The maximum Gasteiger partial charge on any atom is 0.237 e. The molecule has 0 aliphatic rings.